The minimum absolute atomic E-state index is 0.144. The second-order valence-corrected chi connectivity index (χ2v) is 10.9. The summed E-state index contributed by atoms with van der Waals surface area (Å²) in [7, 11) is 0. The van der Waals surface area contributed by atoms with E-state index in [-0.39, 0.29) is 23.4 Å². The smallest absolute Gasteiger partial charge is 0.366 e. The van der Waals surface area contributed by atoms with Crippen molar-refractivity contribution >= 4 is 11.8 Å². The van der Waals surface area contributed by atoms with Gasteiger partial charge in [0.2, 0.25) is 5.91 Å². The third kappa shape index (κ3) is 7.40. The van der Waals surface area contributed by atoms with Crippen LogP contribution in [0.1, 0.15) is 59.8 Å². The summed E-state index contributed by atoms with van der Waals surface area (Å²) in [5, 5.41) is 6.31. The lowest BCUT2D eigenvalue weighted by molar-refractivity contribution is -0.141. The van der Waals surface area contributed by atoms with Gasteiger partial charge < -0.3 is 11.1 Å². The first-order chi connectivity index (χ1) is 20.0. The van der Waals surface area contributed by atoms with Crippen LogP contribution in [-0.2, 0) is 29.4 Å². The van der Waals surface area contributed by atoms with E-state index in [9.17, 15) is 35.9 Å². The number of aromatic nitrogens is 3. The Labute approximate surface area is 242 Å². The van der Waals surface area contributed by atoms with Gasteiger partial charge in [-0.2, -0.15) is 18.3 Å². The number of nitrogens with zero attached hydrogens (tertiary/aromatic N) is 3. The fraction of sp³-hybridized carbons (Fsp3) is 0.267. The second-order valence-electron chi connectivity index (χ2n) is 10.9. The van der Waals surface area contributed by atoms with Crippen molar-refractivity contribution in [3.05, 3.63) is 106 Å². The molecule has 0 saturated heterocycles. The number of hydrogen-bond acceptors (Lipinski definition) is 4. The second kappa shape index (κ2) is 11.9. The number of carbonyl (C=O) groups excluding carboxylic acids is 2. The monoisotopic (exact) mass is 603 g/mol. The normalized spacial score (nSPS) is 12.7. The van der Waals surface area contributed by atoms with Crippen molar-refractivity contribution in [2.24, 2.45) is 5.73 Å². The van der Waals surface area contributed by atoms with Gasteiger partial charge in [0.15, 0.2) is 5.69 Å². The third-order valence-electron chi connectivity index (χ3n) is 6.54. The highest BCUT2D eigenvalue weighted by Gasteiger charge is 2.37. The summed E-state index contributed by atoms with van der Waals surface area (Å²) in [5.41, 5.74) is 4.06. The van der Waals surface area contributed by atoms with Gasteiger partial charge in [-0.05, 0) is 53.9 Å². The minimum Gasteiger partial charge on any atom is -0.366 e. The van der Waals surface area contributed by atoms with E-state index < -0.39 is 64.7 Å². The number of primary amides is 1. The molecule has 2 amide bonds. The lowest BCUT2D eigenvalue weighted by Gasteiger charge is -2.23. The van der Waals surface area contributed by atoms with Gasteiger partial charge >= 0.3 is 6.18 Å². The fourth-order valence-electron chi connectivity index (χ4n) is 4.66. The van der Waals surface area contributed by atoms with E-state index in [1.165, 1.54) is 18.3 Å². The molecule has 43 heavy (non-hydrogen) atoms. The van der Waals surface area contributed by atoms with Gasteiger partial charge in [-0.1, -0.05) is 32.9 Å². The van der Waals surface area contributed by atoms with E-state index in [1.807, 2.05) is 0 Å². The number of benzene rings is 2. The van der Waals surface area contributed by atoms with Gasteiger partial charge in [-0.25, -0.2) is 13.2 Å². The van der Waals surface area contributed by atoms with E-state index in [0.29, 0.717) is 17.2 Å². The van der Waals surface area contributed by atoms with Crippen LogP contribution < -0.4 is 11.1 Å². The lowest BCUT2D eigenvalue weighted by Crippen LogP contribution is -2.35. The molecular formula is C30H27F6N5O2. The maximum absolute atomic E-state index is 14.2. The van der Waals surface area contributed by atoms with E-state index in [1.54, 1.807) is 32.9 Å². The summed E-state index contributed by atoms with van der Waals surface area (Å²) in [6.45, 7) is 4.40. The Morgan fingerprint density at radius 3 is 2.26 bits per heavy atom. The summed E-state index contributed by atoms with van der Waals surface area (Å²) >= 11 is 0. The molecule has 2 aromatic carbocycles. The van der Waals surface area contributed by atoms with Crippen molar-refractivity contribution in [2.45, 2.75) is 51.4 Å². The van der Waals surface area contributed by atoms with Crippen LogP contribution >= 0.6 is 0 Å². The predicted molar refractivity (Wildman–Crippen MR) is 145 cm³/mol. The fourth-order valence-corrected chi connectivity index (χ4v) is 4.66. The third-order valence-corrected chi connectivity index (χ3v) is 6.54. The Hall–Kier alpha value is -4.68. The highest BCUT2D eigenvalue weighted by molar-refractivity contribution is 5.94. The average Bonchev–Trinajstić information content (AvgIpc) is 3.33. The van der Waals surface area contributed by atoms with Crippen LogP contribution in [0.15, 0.2) is 60.8 Å². The molecule has 4 aromatic rings. The molecule has 0 saturated carbocycles. The Kier molecular flexibility index (Phi) is 8.65. The molecule has 2 heterocycles. The Morgan fingerprint density at radius 2 is 1.65 bits per heavy atom. The number of hydrogen-bond donors (Lipinski definition) is 2. The maximum atomic E-state index is 14.2. The summed E-state index contributed by atoms with van der Waals surface area (Å²) in [6, 6.07) is 9.33. The molecule has 2 aromatic heterocycles. The van der Waals surface area contributed by atoms with Gasteiger partial charge in [-0.3, -0.25) is 19.3 Å². The first-order valence-corrected chi connectivity index (χ1v) is 13.0. The van der Waals surface area contributed by atoms with Gasteiger partial charge in [-0.15, -0.1) is 0 Å². The molecule has 0 fully saturated rings. The molecule has 0 spiro atoms. The van der Waals surface area contributed by atoms with Crippen LogP contribution in [0.2, 0.25) is 0 Å². The zero-order chi connectivity index (χ0) is 31.7. The largest absolute Gasteiger partial charge is 0.435 e. The summed E-state index contributed by atoms with van der Waals surface area (Å²) < 4.78 is 83.7. The topological polar surface area (TPSA) is 103 Å². The average molecular weight is 604 g/mol. The summed E-state index contributed by atoms with van der Waals surface area (Å²) in [6.07, 6.45) is -3.54. The van der Waals surface area contributed by atoms with Crippen molar-refractivity contribution in [1.82, 2.24) is 20.1 Å². The number of nitrogens with one attached hydrogen (secondary N) is 1. The first kappa shape index (κ1) is 31.3. The molecular weight excluding hydrogens is 576 g/mol. The molecule has 7 nitrogen and oxygen atoms in total. The van der Waals surface area contributed by atoms with Crippen LogP contribution in [0.25, 0.3) is 11.1 Å². The van der Waals surface area contributed by atoms with Crippen molar-refractivity contribution in [1.29, 1.82) is 0 Å². The molecule has 0 aliphatic carbocycles. The highest BCUT2D eigenvalue weighted by Crippen LogP contribution is 2.33. The quantitative estimate of drug-likeness (QED) is 0.246. The van der Waals surface area contributed by atoms with Crippen LogP contribution in [0.5, 0.6) is 0 Å². The Morgan fingerprint density at radius 1 is 0.977 bits per heavy atom. The zero-order valence-corrected chi connectivity index (χ0v) is 23.3. The number of rotatable bonds is 8. The molecule has 0 bridgehead atoms. The van der Waals surface area contributed by atoms with E-state index in [0.717, 1.165) is 28.9 Å². The van der Waals surface area contributed by atoms with Crippen LogP contribution in [0, 0.1) is 17.5 Å². The number of carbonyl (C=O) groups is 2. The minimum atomic E-state index is -4.74. The van der Waals surface area contributed by atoms with Crippen LogP contribution in [0.3, 0.4) is 0 Å². The molecule has 4 rings (SSSR count). The van der Waals surface area contributed by atoms with Gasteiger partial charge in [0.25, 0.3) is 5.91 Å². The van der Waals surface area contributed by atoms with Gasteiger partial charge in [0.1, 0.15) is 24.0 Å². The molecule has 3 N–H and O–H groups in total. The number of halogens is 6. The van der Waals surface area contributed by atoms with Gasteiger partial charge in [0, 0.05) is 28.9 Å². The summed E-state index contributed by atoms with van der Waals surface area (Å²) in [5.74, 6) is -4.36. The van der Waals surface area contributed by atoms with Crippen molar-refractivity contribution < 1.29 is 35.9 Å². The molecule has 1 atom stereocenters. The van der Waals surface area contributed by atoms with Crippen molar-refractivity contribution in [3.8, 4) is 11.1 Å². The predicted octanol–water partition coefficient (Wildman–Crippen LogP) is 5.88. The SMILES string of the molecule is CC(C)(C)c1cc(C(F)(F)F)nn1CC(=O)N[C@@H](Cc1cc(F)cc(F)c1)c1ncccc1-c1ccc(F)c(C(N)=O)c1. The maximum Gasteiger partial charge on any atom is 0.435 e. The standard InChI is InChI=1S/C30H27F6N5O2/c1-29(2,3)25-14-24(30(34,35)36)40-41(25)15-26(42)39-23(11-16-9-18(31)13-19(32)10-16)27-20(5-4-8-38-27)17-6-7-22(33)21(12-17)28(37)43/h4-10,12-14,23H,11,15H2,1-3H3,(H2,37,43)(H,39,42)/t23-/m0/s1. The lowest BCUT2D eigenvalue weighted by atomic mass is 9.92. The Bertz CT molecular complexity index is 1660. The van der Waals surface area contributed by atoms with Crippen LogP contribution in [-0.4, -0.2) is 26.6 Å². The molecule has 0 radical (unpaired) electrons. The van der Waals surface area contributed by atoms with Crippen molar-refractivity contribution in [3.63, 3.8) is 0 Å². The molecule has 226 valence electrons. The number of pyridine rings is 1. The Balaban J connectivity index is 1.76. The number of alkyl halides is 3. The van der Waals surface area contributed by atoms with Crippen molar-refractivity contribution in [2.75, 3.05) is 0 Å². The number of nitrogens with two attached hydrogens (primary N) is 1. The molecule has 0 aliphatic heterocycles. The van der Waals surface area contributed by atoms with E-state index in [4.69, 9.17) is 5.73 Å². The zero-order valence-electron chi connectivity index (χ0n) is 23.3. The molecule has 0 aliphatic rings. The first-order valence-electron chi connectivity index (χ1n) is 13.0. The highest BCUT2D eigenvalue weighted by atomic mass is 19.4. The van der Waals surface area contributed by atoms with E-state index >= 15 is 0 Å². The van der Waals surface area contributed by atoms with E-state index in [2.05, 4.69) is 15.4 Å². The van der Waals surface area contributed by atoms with Crippen LogP contribution in [0.4, 0.5) is 26.3 Å². The number of amides is 2. The summed E-state index contributed by atoms with van der Waals surface area (Å²) in [4.78, 5) is 29.5. The molecule has 0 unspecified atom stereocenters. The molecule has 13 heteroatoms. The van der Waals surface area contributed by atoms with Gasteiger partial charge in [0.05, 0.1) is 17.3 Å².